The van der Waals surface area contributed by atoms with Crippen LogP contribution in [0.5, 0.6) is 0 Å². The van der Waals surface area contributed by atoms with E-state index in [9.17, 15) is 9.18 Å². The van der Waals surface area contributed by atoms with Crippen molar-refractivity contribution in [2.75, 3.05) is 0 Å². The average molecular weight is 252 g/mol. The highest BCUT2D eigenvalue weighted by molar-refractivity contribution is 5.66. The van der Waals surface area contributed by atoms with Gasteiger partial charge < -0.3 is 5.11 Å². The summed E-state index contributed by atoms with van der Waals surface area (Å²) in [6.45, 7) is 2.06. The largest absolute Gasteiger partial charge is 0.481 e. The highest BCUT2D eigenvalue weighted by Gasteiger charge is 2.03. The van der Waals surface area contributed by atoms with Gasteiger partial charge in [-0.1, -0.05) is 31.9 Å². The van der Waals surface area contributed by atoms with Crippen LogP contribution in [0.1, 0.15) is 50.2 Å². The molecule has 3 heteroatoms. The van der Waals surface area contributed by atoms with Gasteiger partial charge in [-0.15, -0.1) is 0 Å². The highest BCUT2D eigenvalue weighted by Crippen LogP contribution is 2.15. The average Bonchev–Trinajstić information content (AvgIpc) is 2.35. The minimum Gasteiger partial charge on any atom is -0.481 e. The van der Waals surface area contributed by atoms with E-state index in [1.807, 2.05) is 12.1 Å². The molecule has 0 spiro atoms. The predicted molar refractivity (Wildman–Crippen MR) is 70.2 cm³/mol. The van der Waals surface area contributed by atoms with Gasteiger partial charge in [-0.3, -0.25) is 4.79 Å². The van der Waals surface area contributed by atoms with Crippen molar-refractivity contribution >= 4 is 5.97 Å². The number of halogens is 1. The number of benzene rings is 1. The second-order valence-corrected chi connectivity index (χ2v) is 4.59. The third kappa shape index (κ3) is 5.30. The Bertz CT molecular complexity index is 388. The summed E-state index contributed by atoms with van der Waals surface area (Å²) in [4.78, 5) is 10.3. The second-order valence-electron chi connectivity index (χ2n) is 4.59. The van der Waals surface area contributed by atoms with Crippen LogP contribution in [0.25, 0.3) is 0 Å². The van der Waals surface area contributed by atoms with Gasteiger partial charge in [-0.2, -0.15) is 0 Å². The minimum atomic E-state index is -0.739. The molecule has 0 unspecified atom stereocenters. The fourth-order valence-electron chi connectivity index (χ4n) is 1.98. The summed E-state index contributed by atoms with van der Waals surface area (Å²) in [5.41, 5.74) is 1.95. The Morgan fingerprint density at radius 3 is 2.61 bits per heavy atom. The number of carbonyl (C=O) groups is 1. The number of aliphatic carboxylic acids is 1. The molecule has 1 N–H and O–H groups in total. The lowest BCUT2D eigenvalue weighted by Crippen LogP contribution is -1.95. The number of hydrogen-bond acceptors (Lipinski definition) is 1. The van der Waals surface area contributed by atoms with E-state index in [4.69, 9.17) is 5.11 Å². The lowest BCUT2D eigenvalue weighted by atomic mass is 10.0. The van der Waals surface area contributed by atoms with Gasteiger partial charge in [0.05, 0.1) is 0 Å². The third-order valence-corrected chi connectivity index (χ3v) is 3.11. The maximum Gasteiger partial charge on any atom is 0.303 e. The van der Waals surface area contributed by atoms with Crippen molar-refractivity contribution < 1.29 is 14.3 Å². The quantitative estimate of drug-likeness (QED) is 0.711. The van der Waals surface area contributed by atoms with Crippen LogP contribution < -0.4 is 0 Å². The molecule has 0 saturated heterocycles. The molecule has 0 aliphatic heterocycles. The highest BCUT2D eigenvalue weighted by atomic mass is 19.1. The van der Waals surface area contributed by atoms with E-state index in [1.165, 1.54) is 0 Å². The monoisotopic (exact) mass is 252 g/mol. The van der Waals surface area contributed by atoms with Gasteiger partial charge in [0, 0.05) is 6.42 Å². The number of aryl methyl sites for hydroxylation is 2. The van der Waals surface area contributed by atoms with Crippen LogP contribution in [-0.2, 0) is 17.6 Å². The minimum absolute atomic E-state index is 0.127. The zero-order chi connectivity index (χ0) is 13.4. The molecule has 0 aliphatic carbocycles. The van der Waals surface area contributed by atoms with Crippen LogP contribution in [0, 0.1) is 5.82 Å². The Balaban J connectivity index is 2.28. The van der Waals surface area contributed by atoms with E-state index < -0.39 is 5.97 Å². The van der Waals surface area contributed by atoms with Crippen LogP contribution in [0.3, 0.4) is 0 Å². The predicted octanol–water partition coefficient (Wildman–Crippen LogP) is 3.97. The van der Waals surface area contributed by atoms with Crippen molar-refractivity contribution in [1.82, 2.24) is 0 Å². The maximum absolute atomic E-state index is 13.5. The molecule has 0 radical (unpaired) electrons. The van der Waals surface area contributed by atoms with Gasteiger partial charge in [0.15, 0.2) is 0 Å². The first-order valence-electron chi connectivity index (χ1n) is 6.62. The molecule has 0 fully saturated rings. The Kier molecular flexibility index (Phi) is 6.40. The Morgan fingerprint density at radius 2 is 1.94 bits per heavy atom. The molecular formula is C15H21FO2. The van der Waals surface area contributed by atoms with Gasteiger partial charge in [0.25, 0.3) is 0 Å². The van der Waals surface area contributed by atoms with Gasteiger partial charge in [-0.05, 0) is 42.9 Å². The number of rotatable bonds is 8. The molecule has 0 heterocycles. The molecule has 100 valence electrons. The summed E-state index contributed by atoms with van der Waals surface area (Å²) in [6.07, 6.45) is 5.40. The molecule has 0 atom stereocenters. The summed E-state index contributed by atoms with van der Waals surface area (Å²) in [7, 11) is 0. The van der Waals surface area contributed by atoms with Crippen molar-refractivity contribution in [3.8, 4) is 0 Å². The Morgan fingerprint density at radius 1 is 1.22 bits per heavy atom. The fraction of sp³-hybridized carbons (Fsp3) is 0.533. The van der Waals surface area contributed by atoms with Crippen molar-refractivity contribution in [3.05, 3.63) is 35.1 Å². The standard InChI is InChI=1S/C15H21FO2/c1-2-12-9-10-14(16)13(11-12)7-5-3-4-6-8-15(17)18/h9-11H,2-8H2,1H3,(H,17,18). The molecule has 0 aliphatic rings. The number of carboxylic acid groups (broad SMARTS) is 1. The first kappa shape index (κ1) is 14.7. The van der Waals surface area contributed by atoms with E-state index >= 15 is 0 Å². The van der Waals surface area contributed by atoms with Crippen LogP contribution in [0.15, 0.2) is 18.2 Å². The summed E-state index contributed by atoms with van der Waals surface area (Å²) in [5.74, 6) is -0.866. The number of hydrogen-bond donors (Lipinski definition) is 1. The summed E-state index contributed by atoms with van der Waals surface area (Å²) in [5, 5.41) is 8.49. The molecule has 1 rings (SSSR count). The van der Waals surface area contributed by atoms with Gasteiger partial charge in [0.2, 0.25) is 0 Å². The van der Waals surface area contributed by atoms with Crippen molar-refractivity contribution in [2.24, 2.45) is 0 Å². The topological polar surface area (TPSA) is 37.3 Å². The molecule has 0 amide bonds. The first-order valence-corrected chi connectivity index (χ1v) is 6.62. The molecule has 0 aromatic heterocycles. The van der Waals surface area contributed by atoms with Crippen LogP contribution in [0.2, 0.25) is 0 Å². The maximum atomic E-state index is 13.5. The SMILES string of the molecule is CCc1ccc(F)c(CCCCCCC(=O)O)c1. The molecule has 18 heavy (non-hydrogen) atoms. The lowest BCUT2D eigenvalue weighted by Gasteiger charge is -2.05. The smallest absolute Gasteiger partial charge is 0.303 e. The van der Waals surface area contributed by atoms with Crippen molar-refractivity contribution in [2.45, 2.75) is 51.9 Å². The number of carboxylic acids is 1. The van der Waals surface area contributed by atoms with Gasteiger partial charge in [0.1, 0.15) is 5.82 Å². The molecule has 0 bridgehead atoms. The van der Waals surface area contributed by atoms with E-state index in [-0.39, 0.29) is 12.2 Å². The van der Waals surface area contributed by atoms with E-state index in [2.05, 4.69) is 6.92 Å². The van der Waals surface area contributed by atoms with Crippen LogP contribution >= 0.6 is 0 Å². The molecule has 2 nitrogen and oxygen atoms in total. The van der Waals surface area contributed by atoms with Gasteiger partial charge >= 0.3 is 5.97 Å². The fourth-order valence-corrected chi connectivity index (χ4v) is 1.98. The molecule has 0 saturated carbocycles. The molecule has 1 aromatic rings. The Labute approximate surface area is 108 Å². The normalized spacial score (nSPS) is 10.6. The lowest BCUT2D eigenvalue weighted by molar-refractivity contribution is -0.137. The third-order valence-electron chi connectivity index (χ3n) is 3.11. The van der Waals surface area contributed by atoms with Crippen molar-refractivity contribution in [3.63, 3.8) is 0 Å². The number of unbranched alkanes of at least 4 members (excludes halogenated alkanes) is 3. The van der Waals surface area contributed by atoms with Crippen LogP contribution in [0.4, 0.5) is 4.39 Å². The molecule has 1 aromatic carbocycles. The summed E-state index contributed by atoms with van der Waals surface area (Å²) < 4.78 is 13.5. The second kappa shape index (κ2) is 7.85. The first-order chi connectivity index (χ1) is 8.63. The summed E-state index contributed by atoms with van der Waals surface area (Å²) >= 11 is 0. The Hall–Kier alpha value is -1.38. The van der Waals surface area contributed by atoms with E-state index in [0.29, 0.717) is 6.42 Å². The zero-order valence-electron chi connectivity index (χ0n) is 10.9. The molecular weight excluding hydrogens is 231 g/mol. The van der Waals surface area contributed by atoms with Crippen molar-refractivity contribution in [1.29, 1.82) is 0 Å². The van der Waals surface area contributed by atoms with E-state index in [1.54, 1.807) is 6.07 Å². The van der Waals surface area contributed by atoms with E-state index in [0.717, 1.165) is 43.2 Å². The van der Waals surface area contributed by atoms with Crippen LogP contribution in [-0.4, -0.2) is 11.1 Å². The van der Waals surface area contributed by atoms with Gasteiger partial charge in [-0.25, -0.2) is 4.39 Å². The zero-order valence-corrected chi connectivity index (χ0v) is 10.9. The summed E-state index contributed by atoms with van der Waals surface area (Å²) in [6, 6.07) is 5.30.